The lowest BCUT2D eigenvalue weighted by atomic mass is 9.88. The molecule has 4 heterocycles. The summed E-state index contributed by atoms with van der Waals surface area (Å²) in [7, 11) is 4.96. The third-order valence-electron chi connectivity index (χ3n) is 7.53. The molecular formula is C25H31N7O4. The molecule has 5 rings (SSSR count). The number of hydrogen-bond acceptors (Lipinski definition) is 6. The summed E-state index contributed by atoms with van der Waals surface area (Å²) in [6, 6.07) is 7.38. The van der Waals surface area contributed by atoms with Crippen LogP contribution >= 0.6 is 0 Å². The van der Waals surface area contributed by atoms with E-state index < -0.39 is 22.9 Å². The maximum absolute atomic E-state index is 13.1. The predicted octanol–water partition coefficient (Wildman–Crippen LogP) is 0.868. The van der Waals surface area contributed by atoms with Crippen molar-refractivity contribution in [2.45, 2.75) is 44.2 Å². The molecule has 3 aromatic heterocycles. The fourth-order valence-corrected chi connectivity index (χ4v) is 5.21. The Morgan fingerprint density at radius 2 is 1.89 bits per heavy atom. The lowest BCUT2D eigenvalue weighted by molar-refractivity contribution is -0.138. The van der Waals surface area contributed by atoms with Gasteiger partial charge >= 0.3 is 5.69 Å². The molecule has 11 heteroatoms. The molecule has 0 aliphatic carbocycles. The van der Waals surface area contributed by atoms with Gasteiger partial charge in [-0.25, -0.2) is 14.8 Å². The van der Waals surface area contributed by atoms with E-state index in [0.29, 0.717) is 32.2 Å². The zero-order valence-corrected chi connectivity index (χ0v) is 21.0. The van der Waals surface area contributed by atoms with E-state index >= 15 is 0 Å². The number of carbonyl (C=O) groups is 1. The van der Waals surface area contributed by atoms with Crippen LogP contribution in [0.3, 0.4) is 0 Å². The van der Waals surface area contributed by atoms with E-state index in [0.717, 1.165) is 21.4 Å². The van der Waals surface area contributed by atoms with E-state index in [4.69, 9.17) is 0 Å². The lowest BCUT2D eigenvalue weighted by Gasteiger charge is -2.43. The number of nitrogens with zero attached hydrogens (tertiary/aromatic N) is 7. The summed E-state index contributed by atoms with van der Waals surface area (Å²) in [5.74, 6) is 0.939. The number of piperidine rings is 1. The van der Waals surface area contributed by atoms with Crippen molar-refractivity contribution in [3.63, 3.8) is 0 Å². The highest BCUT2D eigenvalue weighted by molar-refractivity contribution is 5.77. The molecule has 11 nitrogen and oxygen atoms in total. The van der Waals surface area contributed by atoms with Crippen molar-refractivity contribution in [3.05, 3.63) is 57.3 Å². The summed E-state index contributed by atoms with van der Waals surface area (Å²) in [4.78, 5) is 49.1. The molecule has 1 amide bonds. The molecule has 1 fully saturated rings. The largest absolute Gasteiger partial charge is 0.388 e. The average molecular weight is 494 g/mol. The number of likely N-dealkylation sites (tertiary alicyclic amines) is 1. The van der Waals surface area contributed by atoms with E-state index in [9.17, 15) is 19.5 Å². The molecule has 0 saturated carbocycles. The molecule has 0 radical (unpaired) electrons. The Labute approximate surface area is 207 Å². The van der Waals surface area contributed by atoms with Crippen LogP contribution in [0.1, 0.15) is 38.1 Å². The van der Waals surface area contributed by atoms with Crippen LogP contribution < -0.4 is 11.2 Å². The maximum atomic E-state index is 13.1. The first-order chi connectivity index (χ1) is 17.1. The molecule has 2 atom stereocenters. The van der Waals surface area contributed by atoms with Crippen LogP contribution in [0.25, 0.3) is 22.2 Å². The van der Waals surface area contributed by atoms with E-state index in [1.54, 1.807) is 23.4 Å². The summed E-state index contributed by atoms with van der Waals surface area (Å²) in [6.07, 6.45) is 3.54. The summed E-state index contributed by atoms with van der Waals surface area (Å²) in [5.41, 5.74) is 0.399. The Bertz CT molecular complexity index is 1590. The van der Waals surface area contributed by atoms with Crippen LogP contribution in [0.2, 0.25) is 0 Å². The quantitative estimate of drug-likeness (QED) is 0.441. The zero-order chi connectivity index (χ0) is 25.8. The highest BCUT2D eigenvalue weighted by Gasteiger charge is 2.41. The Morgan fingerprint density at radius 3 is 2.64 bits per heavy atom. The number of fused-ring (bicyclic) bond motifs is 2. The highest BCUT2D eigenvalue weighted by Crippen LogP contribution is 2.33. The van der Waals surface area contributed by atoms with Crippen molar-refractivity contribution >= 4 is 28.1 Å². The van der Waals surface area contributed by atoms with Gasteiger partial charge in [0.25, 0.3) is 5.56 Å². The van der Waals surface area contributed by atoms with Crippen LogP contribution in [0.5, 0.6) is 0 Å². The van der Waals surface area contributed by atoms with Gasteiger partial charge in [0.15, 0.2) is 11.2 Å². The number of aliphatic hydroxyl groups is 1. The van der Waals surface area contributed by atoms with Crippen molar-refractivity contribution < 1.29 is 9.90 Å². The Morgan fingerprint density at radius 1 is 1.14 bits per heavy atom. The van der Waals surface area contributed by atoms with Crippen molar-refractivity contribution in [3.8, 4) is 0 Å². The normalized spacial score (nSPS) is 20.5. The Balaban J connectivity index is 1.34. The van der Waals surface area contributed by atoms with E-state index in [1.807, 2.05) is 31.3 Å². The zero-order valence-electron chi connectivity index (χ0n) is 21.0. The first kappa shape index (κ1) is 24.0. The summed E-state index contributed by atoms with van der Waals surface area (Å²) < 4.78 is 6.03. The number of amides is 1. The smallest absolute Gasteiger partial charge is 0.332 e. The number of imidazole rings is 2. The van der Waals surface area contributed by atoms with Gasteiger partial charge in [-0.1, -0.05) is 12.1 Å². The number of hydrogen-bond donors (Lipinski definition) is 1. The fourth-order valence-electron chi connectivity index (χ4n) is 5.21. The summed E-state index contributed by atoms with van der Waals surface area (Å²) in [5, 5.41) is 11.2. The van der Waals surface area contributed by atoms with Crippen molar-refractivity contribution in [2.75, 3.05) is 13.1 Å². The van der Waals surface area contributed by atoms with Gasteiger partial charge < -0.3 is 19.1 Å². The number of para-hydroxylation sites is 2. The van der Waals surface area contributed by atoms with Gasteiger partial charge in [0.2, 0.25) is 5.91 Å². The van der Waals surface area contributed by atoms with Crippen molar-refractivity contribution in [1.82, 2.24) is 33.1 Å². The second kappa shape index (κ2) is 8.74. The third kappa shape index (κ3) is 3.83. The Hall–Kier alpha value is -3.73. The van der Waals surface area contributed by atoms with Gasteiger partial charge in [0.1, 0.15) is 5.82 Å². The molecule has 1 N–H and O–H groups in total. The van der Waals surface area contributed by atoms with Gasteiger partial charge in [-0.15, -0.1) is 0 Å². The standard InChI is InChI=1S/C25H31N7O4/c1-25(36)12-13-31(20(33)11-7-10-19-27-16-8-5-6-9-17(16)28(19)2)14-18(25)32-15-26-22-21(32)23(34)30(4)24(35)29(22)3/h5-6,8-9,15,18,36H,7,10-14H2,1-4H3/t18-,25-/m0/s1. The monoisotopic (exact) mass is 493 g/mol. The minimum Gasteiger partial charge on any atom is -0.388 e. The van der Waals surface area contributed by atoms with Crippen molar-refractivity contribution in [2.24, 2.45) is 21.1 Å². The minimum absolute atomic E-state index is 0.000937. The van der Waals surface area contributed by atoms with E-state index in [1.165, 1.54) is 17.9 Å². The van der Waals surface area contributed by atoms with Gasteiger partial charge in [-0.2, -0.15) is 0 Å². The number of carbonyl (C=O) groups excluding carboxylic acids is 1. The van der Waals surface area contributed by atoms with Crippen LogP contribution in [-0.4, -0.2) is 62.8 Å². The van der Waals surface area contributed by atoms with Crippen LogP contribution in [-0.2, 0) is 32.4 Å². The highest BCUT2D eigenvalue weighted by atomic mass is 16.3. The molecule has 0 unspecified atom stereocenters. The fraction of sp³-hybridized carbons (Fsp3) is 0.480. The second-order valence-electron chi connectivity index (χ2n) is 9.92. The molecular weight excluding hydrogens is 462 g/mol. The second-order valence-corrected chi connectivity index (χ2v) is 9.92. The molecule has 0 bridgehead atoms. The summed E-state index contributed by atoms with van der Waals surface area (Å²) >= 11 is 0. The first-order valence-corrected chi connectivity index (χ1v) is 12.1. The van der Waals surface area contributed by atoms with E-state index in [-0.39, 0.29) is 23.6 Å². The number of aromatic nitrogens is 6. The van der Waals surface area contributed by atoms with Gasteiger partial charge in [-0.3, -0.25) is 18.7 Å². The SMILES string of the molecule is Cn1c(=O)c2c(ncn2[C@H]2CN(C(=O)CCCc3nc4ccccc4n3C)CC[C@]2(C)O)n(C)c1=O. The number of aryl methyl sites for hydroxylation is 3. The van der Waals surface area contributed by atoms with Gasteiger partial charge in [-0.05, 0) is 31.9 Å². The molecule has 1 saturated heterocycles. The third-order valence-corrected chi connectivity index (χ3v) is 7.53. The molecule has 4 aromatic rings. The average Bonchev–Trinajstić information content (AvgIpc) is 3.43. The lowest BCUT2D eigenvalue weighted by Crippen LogP contribution is -2.53. The summed E-state index contributed by atoms with van der Waals surface area (Å²) in [6.45, 7) is 2.39. The van der Waals surface area contributed by atoms with Crippen LogP contribution in [0.15, 0.2) is 40.2 Å². The van der Waals surface area contributed by atoms with E-state index in [2.05, 4.69) is 14.5 Å². The molecule has 1 aliphatic rings. The topological polar surface area (TPSA) is 120 Å². The maximum Gasteiger partial charge on any atom is 0.332 e. The first-order valence-electron chi connectivity index (χ1n) is 12.1. The molecule has 36 heavy (non-hydrogen) atoms. The number of rotatable bonds is 5. The Kier molecular flexibility index (Phi) is 5.82. The predicted molar refractivity (Wildman–Crippen MR) is 135 cm³/mol. The molecule has 1 aliphatic heterocycles. The van der Waals surface area contributed by atoms with Crippen molar-refractivity contribution in [1.29, 1.82) is 0 Å². The van der Waals surface area contributed by atoms with Gasteiger partial charge in [0, 0.05) is 47.1 Å². The van der Waals surface area contributed by atoms with Gasteiger partial charge in [0.05, 0.1) is 29.0 Å². The molecule has 1 aromatic carbocycles. The number of benzene rings is 1. The van der Waals surface area contributed by atoms with Crippen LogP contribution in [0, 0.1) is 0 Å². The molecule has 190 valence electrons. The van der Waals surface area contributed by atoms with Crippen LogP contribution in [0.4, 0.5) is 0 Å². The minimum atomic E-state index is -1.16. The molecule has 0 spiro atoms.